The van der Waals surface area contributed by atoms with E-state index < -0.39 is 0 Å². The average molecular weight is 252 g/mol. The van der Waals surface area contributed by atoms with Crippen molar-refractivity contribution in [2.45, 2.75) is 39.5 Å². The van der Waals surface area contributed by atoms with Crippen molar-refractivity contribution in [3.63, 3.8) is 0 Å². The van der Waals surface area contributed by atoms with Crippen molar-refractivity contribution in [3.05, 3.63) is 47.5 Å². The maximum Gasteiger partial charge on any atom is 0.139 e. The van der Waals surface area contributed by atoms with E-state index >= 15 is 0 Å². The number of aryl methyl sites for hydroxylation is 1. The number of fused-ring (bicyclic) bond motifs is 3. The average Bonchev–Trinajstić information content (AvgIpc) is 2.74. The van der Waals surface area contributed by atoms with E-state index in [0.29, 0.717) is 0 Å². The van der Waals surface area contributed by atoms with E-state index in [1.807, 2.05) is 0 Å². The SMILES string of the molecule is CCc1ccc2oc3c(C(C)(C)C)cccc3c2c1. The van der Waals surface area contributed by atoms with E-state index in [1.54, 1.807) is 0 Å². The molecule has 0 bridgehead atoms. The van der Waals surface area contributed by atoms with E-state index in [2.05, 4.69) is 64.1 Å². The molecule has 1 heterocycles. The van der Waals surface area contributed by atoms with Crippen LogP contribution < -0.4 is 0 Å². The Balaban J connectivity index is 2.40. The van der Waals surface area contributed by atoms with Gasteiger partial charge in [-0.1, -0.05) is 52.0 Å². The summed E-state index contributed by atoms with van der Waals surface area (Å²) in [4.78, 5) is 0. The molecule has 0 N–H and O–H groups in total. The lowest BCUT2D eigenvalue weighted by Crippen LogP contribution is -2.10. The highest BCUT2D eigenvalue weighted by atomic mass is 16.3. The second kappa shape index (κ2) is 4.12. The Morgan fingerprint density at radius 1 is 1.00 bits per heavy atom. The third-order valence-electron chi connectivity index (χ3n) is 3.78. The molecule has 1 nitrogen and oxygen atoms in total. The Labute approximate surface area is 114 Å². The van der Waals surface area contributed by atoms with Crippen molar-refractivity contribution in [2.75, 3.05) is 0 Å². The van der Waals surface area contributed by atoms with Crippen LogP contribution >= 0.6 is 0 Å². The molecule has 98 valence electrons. The minimum atomic E-state index is 0.0982. The number of furan rings is 1. The maximum absolute atomic E-state index is 6.11. The summed E-state index contributed by atoms with van der Waals surface area (Å²) in [5.74, 6) is 0. The van der Waals surface area contributed by atoms with Crippen LogP contribution in [0.3, 0.4) is 0 Å². The quantitative estimate of drug-likeness (QED) is 0.561. The van der Waals surface area contributed by atoms with Crippen LogP contribution in [0, 0.1) is 0 Å². The van der Waals surface area contributed by atoms with Crippen molar-refractivity contribution >= 4 is 21.9 Å². The summed E-state index contributed by atoms with van der Waals surface area (Å²) in [6.45, 7) is 8.87. The molecule has 0 aliphatic rings. The van der Waals surface area contributed by atoms with Crippen LogP contribution in [0.4, 0.5) is 0 Å². The van der Waals surface area contributed by atoms with Crippen molar-refractivity contribution in [3.8, 4) is 0 Å². The molecule has 0 saturated heterocycles. The second-order valence-corrected chi connectivity index (χ2v) is 6.22. The maximum atomic E-state index is 6.11. The molecule has 0 spiro atoms. The summed E-state index contributed by atoms with van der Waals surface area (Å²) in [6, 6.07) is 13.0. The first-order chi connectivity index (χ1) is 9.00. The normalized spacial score (nSPS) is 12.4. The van der Waals surface area contributed by atoms with Gasteiger partial charge in [-0.3, -0.25) is 0 Å². The molecule has 0 radical (unpaired) electrons. The first-order valence-electron chi connectivity index (χ1n) is 6.95. The Hall–Kier alpha value is -1.76. The molecule has 3 aromatic rings. The highest BCUT2D eigenvalue weighted by Crippen LogP contribution is 2.36. The monoisotopic (exact) mass is 252 g/mol. The molecular weight excluding hydrogens is 232 g/mol. The zero-order valence-corrected chi connectivity index (χ0v) is 12.1. The van der Waals surface area contributed by atoms with Crippen LogP contribution in [-0.2, 0) is 11.8 Å². The highest BCUT2D eigenvalue weighted by molar-refractivity contribution is 6.06. The summed E-state index contributed by atoms with van der Waals surface area (Å²) in [5, 5.41) is 2.47. The van der Waals surface area contributed by atoms with E-state index in [4.69, 9.17) is 4.42 Å². The van der Waals surface area contributed by atoms with Crippen molar-refractivity contribution in [1.82, 2.24) is 0 Å². The lowest BCUT2D eigenvalue weighted by Gasteiger charge is -2.18. The summed E-state index contributed by atoms with van der Waals surface area (Å²) in [6.07, 6.45) is 1.06. The van der Waals surface area contributed by atoms with Crippen molar-refractivity contribution < 1.29 is 4.42 Å². The summed E-state index contributed by atoms with van der Waals surface area (Å²) >= 11 is 0. The van der Waals surface area contributed by atoms with Crippen LogP contribution in [0.25, 0.3) is 21.9 Å². The summed E-state index contributed by atoms with van der Waals surface area (Å²) in [5.41, 5.74) is 4.76. The Morgan fingerprint density at radius 3 is 2.47 bits per heavy atom. The number of hydrogen-bond donors (Lipinski definition) is 0. The smallest absolute Gasteiger partial charge is 0.139 e. The topological polar surface area (TPSA) is 13.1 Å². The molecule has 0 saturated carbocycles. The third-order valence-corrected chi connectivity index (χ3v) is 3.78. The van der Waals surface area contributed by atoms with Crippen molar-refractivity contribution in [2.24, 2.45) is 0 Å². The fourth-order valence-corrected chi connectivity index (χ4v) is 2.66. The molecule has 1 aromatic heterocycles. The van der Waals surface area contributed by atoms with E-state index in [-0.39, 0.29) is 5.41 Å². The molecule has 0 atom stereocenters. The Morgan fingerprint density at radius 2 is 1.79 bits per heavy atom. The standard InChI is InChI=1S/C18H20O/c1-5-12-9-10-16-14(11-12)13-7-6-8-15(17(13)19-16)18(2,3)4/h6-11H,5H2,1-4H3. The molecule has 0 fully saturated rings. The van der Waals surface area contributed by atoms with E-state index in [0.717, 1.165) is 17.6 Å². The van der Waals surface area contributed by atoms with E-state index in [1.165, 1.54) is 21.9 Å². The van der Waals surface area contributed by atoms with Gasteiger partial charge in [0.15, 0.2) is 0 Å². The second-order valence-electron chi connectivity index (χ2n) is 6.22. The zero-order valence-electron chi connectivity index (χ0n) is 12.1. The first kappa shape index (κ1) is 12.3. The summed E-state index contributed by atoms with van der Waals surface area (Å²) < 4.78 is 6.11. The van der Waals surface area contributed by atoms with Gasteiger partial charge in [0, 0.05) is 16.3 Å². The first-order valence-corrected chi connectivity index (χ1v) is 6.95. The minimum Gasteiger partial charge on any atom is -0.456 e. The number of benzene rings is 2. The number of para-hydroxylation sites is 1. The largest absolute Gasteiger partial charge is 0.456 e. The molecule has 1 heteroatoms. The van der Waals surface area contributed by atoms with Gasteiger partial charge in [-0.15, -0.1) is 0 Å². The lowest BCUT2D eigenvalue weighted by molar-refractivity contribution is 0.573. The summed E-state index contributed by atoms with van der Waals surface area (Å²) in [7, 11) is 0. The predicted octanol–water partition coefficient (Wildman–Crippen LogP) is 5.45. The van der Waals surface area contributed by atoms with Crippen LogP contribution in [0.2, 0.25) is 0 Å². The lowest BCUT2D eigenvalue weighted by atomic mass is 9.86. The van der Waals surface area contributed by atoms with Crippen molar-refractivity contribution in [1.29, 1.82) is 0 Å². The van der Waals surface area contributed by atoms with Gasteiger partial charge in [0.25, 0.3) is 0 Å². The van der Waals surface area contributed by atoms with Gasteiger partial charge in [0.05, 0.1) is 0 Å². The van der Waals surface area contributed by atoms with Gasteiger partial charge in [-0.05, 0) is 29.5 Å². The Bertz CT molecular complexity index is 741. The Kier molecular flexibility index (Phi) is 2.67. The van der Waals surface area contributed by atoms with Crippen LogP contribution in [-0.4, -0.2) is 0 Å². The highest BCUT2D eigenvalue weighted by Gasteiger charge is 2.20. The van der Waals surface area contributed by atoms with Gasteiger partial charge in [0.2, 0.25) is 0 Å². The van der Waals surface area contributed by atoms with Gasteiger partial charge in [0.1, 0.15) is 11.2 Å². The molecular formula is C18H20O. The number of rotatable bonds is 1. The van der Waals surface area contributed by atoms with Gasteiger partial charge < -0.3 is 4.42 Å². The predicted molar refractivity (Wildman–Crippen MR) is 81.8 cm³/mol. The van der Waals surface area contributed by atoms with Crippen LogP contribution in [0.15, 0.2) is 40.8 Å². The van der Waals surface area contributed by atoms with Gasteiger partial charge in [-0.25, -0.2) is 0 Å². The molecule has 0 aliphatic heterocycles. The molecule has 0 unspecified atom stereocenters. The molecule has 0 aliphatic carbocycles. The number of hydrogen-bond acceptors (Lipinski definition) is 1. The van der Waals surface area contributed by atoms with Gasteiger partial charge in [-0.2, -0.15) is 0 Å². The molecule has 0 amide bonds. The molecule has 19 heavy (non-hydrogen) atoms. The molecule has 2 aromatic carbocycles. The van der Waals surface area contributed by atoms with Crippen LogP contribution in [0.5, 0.6) is 0 Å². The van der Waals surface area contributed by atoms with E-state index in [9.17, 15) is 0 Å². The zero-order chi connectivity index (χ0) is 13.6. The molecule has 3 rings (SSSR count). The van der Waals surface area contributed by atoms with Crippen LogP contribution in [0.1, 0.15) is 38.8 Å². The fourth-order valence-electron chi connectivity index (χ4n) is 2.66. The fraction of sp³-hybridized carbons (Fsp3) is 0.333. The third kappa shape index (κ3) is 1.94. The van der Waals surface area contributed by atoms with Gasteiger partial charge >= 0.3 is 0 Å². The minimum absolute atomic E-state index is 0.0982.